The van der Waals surface area contributed by atoms with Gasteiger partial charge in [0.05, 0.1) is 10.6 Å². The van der Waals surface area contributed by atoms with Crippen molar-refractivity contribution < 1.29 is 17.9 Å². The molecule has 0 aliphatic carbocycles. The minimum Gasteiger partial charge on any atom is -0.484 e. The van der Waals surface area contributed by atoms with Crippen LogP contribution >= 0.6 is 0 Å². The van der Waals surface area contributed by atoms with Crippen LogP contribution in [0, 0.1) is 0 Å². The summed E-state index contributed by atoms with van der Waals surface area (Å²) in [4.78, 5) is 14.7. The van der Waals surface area contributed by atoms with Crippen LogP contribution in [0.25, 0.3) is 10.8 Å². The van der Waals surface area contributed by atoms with Gasteiger partial charge in [0.15, 0.2) is 16.4 Å². The number of ether oxygens (including phenoxy) is 1. The molecule has 29 heavy (non-hydrogen) atoms. The lowest BCUT2D eigenvalue weighted by Crippen LogP contribution is -2.42. The number of fused-ring (bicyclic) bond motifs is 1. The first-order valence-electron chi connectivity index (χ1n) is 9.72. The summed E-state index contributed by atoms with van der Waals surface area (Å²) in [5.74, 6) is 0.396. The molecule has 0 N–H and O–H groups in total. The van der Waals surface area contributed by atoms with Crippen LogP contribution in [-0.2, 0) is 14.6 Å². The molecule has 0 aromatic heterocycles. The lowest BCUT2D eigenvalue weighted by molar-refractivity contribution is -0.133. The maximum atomic E-state index is 12.7. The molecule has 4 rings (SSSR count). The molecule has 1 aliphatic heterocycles. The molecule has 150 valence electrons. The summed E-state index contributed by atoms with van der Waals surface area (Å²) in [6.07, 6.45) is 1.49. The van der Waals surface area contributed by atoms with E-state index in [2.05, 4.69) is 0 Å². The second-order valence-corrected chi connectivity index (χ2v) is 9.31. The van der Waals surface area contributed by atoms with Gasteiger partial charge in [-0.2, -0.15) is 0 Å². The predicted octanol–water partition coefficient (Wildman–Crippen LogP) is 3.68. The minimum atomic E-state index is -3.44. The largest absolute Gasteiger partial charge is 0.484 e. The zero-order valence-electron chi connectivity index (χ0n) is 16.0. The van der Waals surface area contributed by atoms with Crippen LogP contribution < -0.4 is 4.74 Å². The minimum absolute atomic E-state index is 0.0568. The van der Waals surface area contributed by atoms with E-state index in [1.807, 2.05) is 42.5 Å². The molecule has 0 bridgehead atoms. The van der Waals surface area contributed by atoms with E-state index in [0.29, 0.717) is 23.6 Å². The normalized spacial score (nSPS) is 16.8. The molecular weight excluding hydrogens is 386 g/mol. The van der Waals surface area contributed by atoms with Gasteiger partial charge >= 0.3 is 0 Å². The number of sulfone groups is 1. The van der Waals surface area contributed by atoms with Crippen molar-refractivity contribution in [3.05, 3.63) is 72.8 Å². The fraction of sp³-hybridized carbons (Fsp3) is 0.261. The van der Waals surface area contributed by atoms with E-state index in [1.54, 1.807) is 35.2 Å². The van der Waals surface area contributed by atoms with Crippen LogP contribution in [0.15, 0.2) is 77.7 Å². The van der Waals surface area contributed by atoms with Gasteiger partial charge in [-0.1, -0.05) is 48.5 Å². The highest BCUT2D eigenvalue weighted by Crippen LogP contribution is 2.24. The number of amides is 1. The van der Waals surface area contributed by atoms with Crippen molar-refractivity contribution in [1.82, 2.24) is 4.90 Å². The Morgan fingerprint density at radius 3 is 2.48 bits per heavy atom. The van der Waals surface area contributed by atoms with Crippen molar-refractivity contribution in [3.63, 3.8) is 0 Å². The average molecular weight is 410 g/mol. The first kappa shape index (κ1) is 19.5. The molecular formula is C23H23NO4S. The number of carbonyl (C=O) groups is 1. The maximum absolute atomic E-state index is 12.7. The van der Waals surface area contributed by atoms with Crippen molar-refractivity contribution in [2.45, 2.75) is 23.8 Å². The predicted molar refractivity (Wildman–Crippen MR) is 113 cm³/mol. The van der Waals surface area contributed by atoms with Gasteiger partial charge in [-0.05, 0) is 47.9 Å². The van der Waals surface area contributed by atoms with Gasteiger partial charge in [-0.3, -0.25) is 4.79 Å². The summed E-state index contributed by atoms with van der Waals surface area (Å²) in [6, 6.07) is 21.7. The summed E-state index contributed by atoms with van der Waals surface area (Å²) in [6.45, 7) is 0.467. The monoisotopic (exact) mass is 409 g/mol. The molecule has 0 radical (unpaired) electrons. The fourth-order valence-corrected chi connectivity index (χ4v) is 5.42. The number of carbonyl (C=O) groups excluding carboxylic acids is 1. The Morgan fingerprint density at radius 2 is 1.69 bits per heavy atom. The van der Waals surface area contributed by atoms with E-state index in [9.17, 15) is 13.2 Å². The molecule has 1 fully saturated rings. The number of rotatable bonds is 6. The molecule has 3 aromatic carbocycles. The van der Waals surface area contributed by atoms with Gasteiger partial charge in [-0.15, -0.1) is 0 Å². The summed E-state index contributed by atoms with van der Waals surface area (Å²) in [7, 11) is -3.44. The Kier molecular flexibility index (Phi) is 5.53. The van der Waals surface area contributed by atoms with Gasteiger partial charge in [0.1, 0.15) is 5.75 Å². The topological polar surface area (TPSA) is 63.7 Å². The Morgan fingerprint density at radius 1 is 0.966 bits per heavy atom. The molecule has 3 aromatic rings. The molecule has 6 heteroatoms. The molecule has 1 saturated heterocycles. The van der Waals surface area contributed by atoms with Crippen molar-refractivity contribution in [2.75, 3.05) is 18.9 Å². The van der Waals surface area contributed by atoms with Crippen LogP contribution in [-0.4, -0.2) is 44.2 Å². The third-order valence-electron chi connectivity index (χ3n) is 5.29. The second-order valence-electron chi connectivity index (χ2n) is 7.28. The van der Waals surface area contributed by atoms with E-state index in [4.69, 9.17) is 4.74 Å². The maximum Gasteiger partial charge on any atom is 0.260 e. The highest BCUT2D eigenvalue weighted by Gasteiger charge is 2.33. The van der Waals surface area contributed by atoms with Crippen LogP contribution in [0.2, 0.25) is 0 Å². The summed E-state index contributed by atoms with van der Waals surface area (Å²) < 4.78 is 31.1. The lowest BCUT2D eigenvalue weighted by atomic mass is 10.1. The van der Waals surface area contributed by atoms with Gasteiger partial charge in [0.25, 0.3) is 5.91 Å². The van der Waals surface area contributed by atoms with Crippen molar-refractivity contribution in [1.29, 1.82) is 0 Å². The number of hydrogen-bond acceptors (Lipinski definition) is 4. The Balaban J connectivity index is 1.41. The van der Waals surface area contributed by atoms with Crippen LogP contribution in [0.1, 0.15) is 12.8 Å². The standard InChI is InChI=1S/C23H23NO4S/c25-23(16-28-21-13-12-18-7-4-5-8-19(18)15-21)24-14-6-9-20(24)17-29(26,27)22-10-2-1-3-11-22/h1-5,7-8,10-13,15,20H,6,9,14,16-17H2. The molecule has 5 nitrogen and oxygen atoms in total. The number of benzene rings is 3. The quantitative estimate of drug-likeness (QED) is 0.623. The number of likely N-dealkylation sites (tertiary alicyclic amines) is 1. The van der Waals surface area contributed by atoms with Gasteiger partial charge in [0.2, 0.25) is 0 Å². The SMILES string of the molecule is O=C(COc1ccc2ccccc2c1)N1CCCC1CS(=O)(=O)c1ccccc1. The first-order chi connectivity index (χ1) is 14.0. The molecule has 1 heterocycles. The number of hydrogen-bond donors (Lipinski definition) is 0. The van der Waals surface area contributed by atoms with Crippen molar-refractivity contribution in [2.24, 2.45) is 0 Å². The highest BCUT2D eigenvalue weighted by atomic mass is 32.2. The van der Waals surface area contributed by atoms with Crippen molar-refractivity contribution >= 4 is 26.5 Å². The third kappa shape index (κ3) is 4.43. The number of nitrogens with zero attached hydrogens (tertiary/aromatic N) is 1. The van der Waals surface area contributed by atoms with E-state index < -0.39 is 9.84 Å². The fourth-order valence-electron chi connectivity index (χ4n) is 3.80. The van der Waals surface area contributed by atoms with E-state index in [0.717, 1.165) is 17.2 Å². The van der Waals surface area contributed by atoms with E-state index in [1.165, 1.54) is 0 Å². The average Bonchev–Trinajstić information content (AvgIpc) is 3.20. The van der Waals surface area contributed by atoms with Crippen LogP contribution in [0.4, 0.5) is 0 Å². The zero-order valence-corrected chi connectivity index (χ0v) is 16.8. The Hall–Kier alpha value is -2.86. The molecule has 1 aliphatic rings. The Bertz CT molecular complexity index is 1110. The second kappa shape index (κ2) is 8.25. The van der Waals surface area contributed by atoms with Crippen molar-refractivity contribution in [3.8, 4) is 5.75 Å². The third-order valence-corrected chi connectivity index (χ3v) is 7.11. The Labute approximate surface area is 170 Å². The first-order valence-corrected chi connectivity index (χ1v) is 11.4. The van der Waals surface area contributed by atoms with Gasteiger partial charge in [0, 0.05) is 12.6 Å². The van der Waals surface area contributed by atoms with Gasteiger partial charge < -0.3 is 9.64 Å². The van der Waals surface area contributed by atoms with Crippen LogP contribution in [0.5, 0.6) is 5.75 Å². The smallest absolute Gasteiger partial charge is 0.260 e. The molecule has 0 saturated carbocycles. The molecule has 1 unspecified atom stereocenters. The molecule has 0 spiro atoms. The zero-order chi connectivity index (χ0) is 20.3. The molecule has 1 amide bonds. The summed E-state index contributed by atoms with van der Waals surface area (Å²) >= 11 is 0. The van der Waals surface area contributed by atoms with E-state index >= 15 is 0 Å². The summed E-state index contributed by atoms with van der Waals surface area (Å²) in [5, 5.41) is 2.15. The van der Waals surface area contributed by atoms with E-state index in [-0.39, 0.29) is 24.3 Å². The molecule has 1 atom stereocenters. The highest BCUT2D eigenvalue weighted by molar-refractivity contribution is 7.91. The lowest BCUT2D eigenvalue weighted by Gasteiger charge is -2.24. The van der Waals surface area contributed by atoms with Gasteiger partial charge in [-0.25, -0.2) is 8.42 Å². The summed E-state index contributed by atoms with van der Waals surface area (Å²) in [5.41, 5.74) is 0. The van der Waals surface area contributed by atoms with Crippen LogP contribution in [0.3, 0.4) is 0 Å².